The first kappa shape index (κ1) is 11.4. The Morgan fingerprint density at radius 3 is 2.53 bits per heavy atom. The van der Waals surface area contributed by atoms with Crippen LogP contribution in [0.4, 0.5) is 11.9 Å². The molecule has 0 aliphatic carbocycles. The first-order valence-corrected chi connectivity index (χ1v) is 5.65. The summed E-state index contributed by atoms with van der Waals surface area (Å²) in [5.41, 5.74) is 6.78. The van der Waals surface area contributed by atoms with Gasteiger partial charge in [0.05, 0.1) is 0 Å². The maximum atomic E-state index is 5.55. The Bertz CT molecular complexity index is 463. The number of nitrogen functional groups attached to an aromatic ring is 1. The lowest BCUT2D eigenvalue weighted by molar-refractivity contribution is 0.662. The Kier molecular flexibility index (Phi) is 3.27. The summed E-state index contributed by atoms with van der Waals surface area (Å²) in [6.07, 6.45) is 0. The Morgan fingerprint density at radius 1 is 1.29 bits per heavy atom. The smallest absolute Gasteiger partial charge is 0.246 e. The molecule has 1 aromatic carbocycles. The highest BCUT2D eigenvalue weighted by Gasteiger charge is 2.15. The van der Waals surface area contributed by atoms with Gasteiger partial charge in [-0.1, -0.05) is 30.3 Å². The molecule has 0 unspecified atom stereocenters. The molecule has 0 amide bonds. The van der Waals surface area contributed by atoms with Gasteiger partial charge in [-0.25, -0.2) is 5.10 Å². The molecule has 0 radical (unpaired) electrons. The van der Waals surface area contributed by atoms with Crippen LogP contribution in [0.5, 0.6) is 0 Å². The number of aromatic nitrogens is 3. The largest absolute Gasteiger partial charge is 0.368 e. The molecule has 0 fully saturated rings. The maximum absolute atomic E-state index is 5.55. The normalized spacial score (nSPS) is 10.8. The predicted molar refractivity (Wildman–Crippen MR) is 68.6 cm³/mol. The average Bonchev–Trinajstić information content (AvgIpc) is 2.73. The third-order valence-corrected chi connectivity index (χ3v) is 2.57. The number of benzene rings is 1. The summed E-state index contributed by atoms with van der Waals surface area (Å²) in [6, 6.07) is 10.6. The van der Waals surface area contributed by atoms with Crippen molar-refractivity contribution >= 4 is 11.9 Å². The molecule has 0 spiro atoms. The first-order chi connectivity index (χ1) is 8.16. The third-order valence-electron chi connectivity index (χ3n) is 2.57. The Morgan fingerprint density at radius 2 is 2.00 bits per heavy atom. The monoisotopic (exact) mass is 231 g/mol. The van der Waals surface area contributed by atoms with E-state index in [0.717, 1.165) is 6.54 Å². The molecule has 0 atom stereocenters. The Labute approximate surface area is 101 Å². The third kappa shape index (κ3) is 2.75. The second kappa shape index (κ2) is 4.86. The van der Waals surface area contributed by atoms with Crippen LogP contribution in [-0.4, -0.2) is 21.2 Å². The van der Waals surface area contributed by atoms with Gasteiger partial charge in [-0.3, -0.25) is 0 Å². The molecule has 0 bridgehead atoms. The van der Waals surface area contributed by atoms with E-state index in [4.69, 9.17) is 5.73 Å². The van der Waals surface area contributed by atoms with Gasteiger partial charge in [0.15, 0.2) is 0 Å². The molecule has 90 valence electrons. The van der Waals surface area contributed by atoms with Crippen molar-refractivity contribution in [2.24, 2.45) is 0 Å². The van der Waals surface area contributed by atoms with E-state index in [9.17, 15) is 0 Å². The second-order valence-corrected chi connectivity index (χ2v) is 4.23. The fourth-order valence-electron chi connectivity index (χ4n) is 1.66. The van der Waals surface area contributed by atoms with Crippen LogP contribution < -0.4 is 10.6 Å². The average molecular weight is 231 g/mol. The lowest BCUT2D eigenvalue weighted by Crippen LogP contribution is -2.31. The molecule has 0 aliphatic rings. The minimum absolute atomic E-state index is 0.311. The van der Waals surface area contributed by atoms with Crippen LogP contribution in [0.3, 0.4) is 0 Å². The van der Waals surface area contributed by atoms with Gasteiger partial charge in [0.25, 0.3) is 0 Å². The summed E-state index contributed by atoms with van der Waals surface area (Å²) in [7, 11) is 0. The van der Waals surface area contributed by atoms with E-state index in [1.165, 1.54) is 5.56 Å². The van der Waals surface area contributed by atoms with Gasteiger partial charge in [0, 0.05) is 12.6 Å². The zero-order valence-corrected chi connectivity index (χ0v) is 10.1. The summed E-state index contributed by atoms with van der Waals surface area (Å²) in [4.78, 5) is 6.26. The highest BCUT2D eigenvalue weighted by molar-refractivity contribution is 5.36. The van der Waals surface area contributed by atoms with Crippen molar-refractivity contribution in [1.29, 1.82) is 0 Å². The minimum atomic E-state index is 0.311. The summed E-state index contributed by atoms with van der Waals surface area (Å²) >= 11 is 0. The van der Waals surface area contributed by atoms with Crippen molar-refractivity contribution in [3.63, 3.8) is 0 Å². The summed E-state index contributed by atoms with van der Waals surface area (Å²) < 4.78 is 0. The Hall–Kier alpha value is -2.04. The zero-order chi connectivity index (χ0) is 12.3. The molecule has 1 heterocycles. The molecule has 17 heavy (non-hydrogen) atoms. The van der Waals surface area contributed by atoms with E-state index >= 15 is 0 Å². The quantitative estimate of drug-likeness (QED) is 0.841. The van der Waals surface area contributed by atoms with E-state index in [2.05, 4.69) is 46.1 Å². The fraction of sp³-hybridized carbons (Fsp3) is 0.333. The van der Waals surface area contributed by atoms with Crippen molar-refractivity contribution in [2.75, 3.05) is 10.6 Å². The second-order valence-electron chi connectivity index (χ2n) is 4.23. The van der Waals surface area contributed by atoms with Gasteiger partial charge in [-0.2, -0.15) is 4.98 Å². The van der Waals surface area contributed by atoms with Crippen LogP contribution in [0.25, 0.3) is 0 Å². The van der Waals surface area contributed by atoms with E-state index < -0.39 is 0 Å². The number of hydrogen-bond donors (Lipinski definition) is 2. The number of aromatic amines is 1. The molecule has 0 saturated heterocycles. The standard InChI is InChI=1S/C12H17N5/c1-9(2)17(12-14-11(13)15-16-12)8-10-6-4-3-5-7-10/h3-7,9H,8H2,1-2H3,(H3,13,14,15,16). The van der Waals surface area contributed by atoms with Gasteiger partial charge in [-0.15, -0.1) is 5.10 Å². The highest BCUT2D eigenvalue weighted by Crippen LogP contribution is 2.15. The van der Waals surface area contributed by atoms with Crippen LogP contribution in [-0.2, 0) is 6.54 Å². The van der Waals surface area contributed by atoms with Crippen LogP contribution in [0.15, 0.2) is 30.3 Å². The fourth-order valence-corrected chi connectivity index (χ4v) is 1.66. The number of rotatable bonds is 4. The number of anilines is 2. The van der Waals surface area contributed by atoms with Crippen LogP contribution in [0.2, 0.25) is 0 Å². The van der Waals surface area contributed by atoms with Crippen LogP contribution >= 0.6 is 0 Å². The molecule has 0 saturated carbocycles. The minimum Gasteiger partial charge on any atom is -0.368 e. The number of hydrogen-bond acceptors (Lipinski definition) is 4. The van der Waals surface area contributed by atoms with Crippen molar-refractivity contribution in [3.8, 4) is 0 Å². The van der Waals surface area contributed by atoms with E-state index in [1.807, 2.05) is 18.2 Å². The van der Waals surface area contributed by atoms with Gasteiger partial charge in [0.2, 0.25) is 11.9 Å². The first-order valence-electron chi connectivity index (χ1n) is 5.65. The van der Waals surface area contributed by atoms with E-state index in [1.54, 1.807) is 0 Å². The zero-order valence-electron chi connectivity index (χ0n) is 10.1. The SMILES string of the molecule is CC(C)N(Cc1ccccc1)c1n[nH]c(N)n1. The highest BCUT2D eigenvalue weighted by atomic mass is 15.4. The lowest BCUT2D eigenvalue weighted by Gasteiger charge is -2.25. The van der Waals surface area contributed by atoms with Crippen molar-refractivity contribution in [3.05, 3.63) is 35.9 Å². The van der Waals surface area contributed by atoms with Crippen molar-refractivity contribution in [2.45, 2.75) is 26.4 Å². The van der Waals surface area contributed by atoms with Gasteiger partial charge in [0.1, 0.15) is 0 Å². The van der Waals surface area contributed by atoms with Gasteiger partial charge >= 0.3 is 0 Å². The molecular weight excluding hydrogens is 214 g/mol. The molecule has 5 nitrogen and oxygen atoms in total. The summed E-state index contributed by atoms with van der Waals surface area (Å²) in [5, 5.41) is 6.76. The number of H-pyrrole nitrogens is 1. The number of nitrogens with one attached hydrogen (secondary N) is 1. The van der Waals surface area contributed by atoms with Crippen molar-refractivity contribution in [1.82, 2.24) is 15.2 Å². The number of nitrogens with zero attached hydrogens (tertiary/aromatic N) is 3. The molecule has 0 aliphatic heterocycles. The molecular formula is C12H17N5. The van der Waals surface area contributed by atoms with E-state index in [0.29, 0.717) is 17.9 Å². The van der Waals surface area contributed by atoms with Gasteiger partial charge in [-0.05, 0) is 19.4 Å². The summed E-state index contributed by atoms with van der Waals surface area (Å²) in [6.45, 7) is 4.99. The van der Waals surface area contributed by atoms with E-state index in [-0.39, 0.29) is 0 Å². The molecule has 3 N–H and O–H groups in total. The lowest BCUT2D eigenvalue weighted by atomic mass is 10.2. The maximum Gasteiger partial charge on any atom is 0.246 e. The Balaban J connectivity index is 2.19. The number of nitrogens with two attached hydrogens (primary N) is 1. The molecule has 2 aromatic rings. The summed E-state index contributed by atoms with van der Waals surface area (Å²) in [5.74, 6) is 0.986. The predicted octanol–water partition coefficient (Wildman–Crippen LogP) is 1.80. The molecule has 2 rings (SSSR count). The molecule has 5 heteroatoms. The topological polar surface area (TPSA) is 70.8 Å². The van der Waals surface area contributed by atoms with Gasteiger partial charge < -0.3 is 10.6 Å². The van der Waals surface area contributed by atoms with Crippen LogP contribution in [0.1, 0.15) is 19.4 Å². The van der Waals surface area contributed by atoms with Crippen molar-refractivity contribution < 1.29 is 0 Å². The molecule has 1 aromatic heterocycles. The van der Waals surface area contributed by atoms with Crippen LogP contribution in [0, 0.1) is 0 Å².